The topological polar surface area (TPSA) is 70.4 Å². The van der Waals surface area contributed by atoms with Crippen LogP contribution >= 0.6 is 11.6 Å². The van der Waals surface area contributed by atoms with Crippen molar-refractivity contribution in [1.82, 2.24) is 0 Å². The maximum Gasteiger partial charge on any atom is 0.330 e. The second-order valence-corrected chi connectivity index (χ2v) is 3.61. The van der Waals surface area contributed by atoms with Gasteiger partial charge in [-0.15, -0.1) is 5.06 Å². The van der Waals surface area contributed by atoms with Crippen LogP contribution < -0.4 is 5.06 Å². The highest BCUT2D eigenvalue weighted by atomic mass is 35.5. The summed E-state index contributed by atoms with van der Waals surface area (Å²) in [5.74, 6) is -1.19. The normalized spacial score (nSPS) is 9.29. The molecule has 0 radical (unpaired) electrons. The lowest BCUT2D eigenvalue weighted by atomic mass is 10.2. The first-order chi connectivity index (χ1) is 7.95. The lowest BCUT2D eigenvalue weighted by Crippen LogP contribution is -2.31. The Balaban J connectivity index is 3.27. The fraction of sp³-hybridized carbons (Fsp3) is 0.182. The van der Waals surface area contributed by atoms with Crippen LogP contribution in [0.2, 0.25) is 5.02 Å². The second kappa shape index (κ2) is 5.32. The van der Waals surface area contributed by atoms with Crippen molar-refractivity contribution in [2.24, 2.45) is 0 Å². The molecular weight excluding hydrogens is 244 g/mol. The largest absolute Gasteiger partial charge is 0.333 e. The summed E-state index contributed by atoms with van der Waals surface area (Å²) in [4.78, 5) is 27.0. The van der Waals surface area contributed by atoms with E-state index in [1.807, 2.05) is 6.07 Å². The number of amides is 1. The molecule has 0 saturated carbocycles. The Labute approximate surface area is 103 Å². The zero-order valence-corrected chi connectivity index (χ0v) is 9.99. The Morgan fingerprint density at radius 1 is 1.41 bits per heavy atom. The van der Waals surface area contributed by atoms with Gasteiger partial charge < -0.3 is 4.84 Å². The number of benzene rings is 1. The zero-order valence-electron chi connectivity index (χ0n) is 9.23. The summed E-state index contributed by atoms with van der Waals surface area (Å²) in [5.41, 5.74) is 0.327. The van der Waals surface area contributed by atoms with Gasteiger partial charge in [-0.3, -0.25) is 4.79 Å². The van der Waals surface area contributed by atoms with Crippen molar-refractivity contribution in [2.75, 3.05) is 5.06 Å². The van der Waals surface area contributed by atoms with Gasteiger partial charge in [0.05, 0.1) is 5.56 Å². The molecule has 0 N–H and O–H groups in total. The molecule has 5 nitrogen and oxygen atoms in total. The summed E-state index contributed by atoms with van der Waals surface area (Å²) in [6.07, 6.45) is 0. The number of rotatable bonds is 1. The summed E-state index contributed by atoms with van der Waals surface area (Å²) in [6, 6.07) is 6.22. The maximum absolute atomic E-state index is 11.4. The zero-order chi connectivity index (χ0) is 13.0. The highest BCUT2D eigenvalue weighted by molar-refractivity contribution is 6.31. The van der Waals surface area contributed by atoms with Crippen molar-refractivity contribution in [2.45, 2.75) is 13.8 Å². The molecule has 1 aromatic carbocycles. The minimum Gasteiger partial charge on any atom is -0.333 e. The second-order valence-electron chi connectivity index (χ2n) is 3.17. The smallest absolute Gasteiger partial charge is 0.330 e. The maximum atomic E-state index is 11.4. The van der Waals surface area contributed by atoms with E-state index in [9.17, 15) is 9.59 Å². The van der Waals surface area contributed by atoms with Crippen molar-refractivity contribution >= 4 is 29.2 Å². The monoisotopic (exact) mass is 252 g/mol. The molecule has 0 unspecified atom stereocenters. The van der Waals surface area contributed by atoms with E-state index in [1.54, 1.807) is 0 Å². The molecule has 1 aromatic rings. The van der Waals surface area contributed by atoms with Gasteiger partial charge in [-0.1, -0.05) is 11.6 Å². The molecule has 0 aliphatic heterocycles. The predicted molar refractivity (Wildman–Crippen MR) is 61.1 cm³/mol. The fourth-order valence-corrected chi connectivity index (χ4v) is 1.35. The molecular formula is C11H9ClN2O3. The number of nitriles is 1. The molecule has 0 atom stereocenters. The average molecular weight is 253 g/mol. The summed E-state index contributed by atoms with van der Waals surface area (Å²) in [5, 5.41) is 9.98. The van der Waals surface area contributed by atoms with Gasteiger partial charge in [0.15, 0.2) is 0 Å². The molecule has 0 bridgehead atoms. The average Bonchev–Trinajstić information content (AvgIpc) is 2.25. The predicted octanol–water partition coefficient (Wildman–Crippen LogP) is 2.04. The van der Waals surface area contributed by atoms with E-state index >= 15 is 0 Å². The van der Waals surface area contributed by atoms with Crippen molar-refractivity contribution in [3.63, 3.8) is 0 Å². The highest BCUT2D eigenvalue weighted by Gasteiger charge is 2.19. The molecule has 88 valence electrons. The number of carbonyl (C=O) groups excluding carboxylic acids is 2. The fourth-order valence-electron chi connectivity index (χ4n) is 1.18. The first-order valence-corrected chi connectivity index (χ1v) is 5.02. The van der Waals surface area contributed by atoms with Crippen LogP contribution in [-0.2, 0) is 14.4 Å². The van der Waals surface area contributed by atoms with E-state index < -0.39 is 11.9 Å². The number of hydroxylamine groups is 1. The number of hydrogen-bond donors (Lipinski definition) is 0. The molecule has 1 amide bonds. The summed E-state index contributed by atoms with van der Waals surface area (Å²) in [7, 11) is 0. The van der Waals surface area contributed by atoms with Crippen molar-refractivity contribution in [3.8, 4) is 6.07 Å². The summed E-state index contributed by atoms with van der Waals surface area (Å²) >= 11 is 5.77. The molecule has 17 heavy (non-hydrogen) atoms. The summed E-state index contributed by atoms with van der Waals surface area (Å²) < 4.78 is 0. The molecule has 0 aromatic heterocycles. The van der Waals surface area contributed by atoms with Crippen LogP contribution in [0.5, 0.6) is 0 Å². The van der Waals surface area contributed by atoms with Gasteiger partial charge in [-0.05, 0) is 18.2 Å². The van der Waals surface area contributed by atoms with Crippen molar-refractivity contribution < 1.29 is 14.4 Å². The van der Waals surface area contributed by atoms with E-state index in [1.165, 1.54) is 25.1 Å². The SMILES string of the molecule is CC(=O)ON(C(C)=O)c1cc(Cl)ccc1C#N. The van der Waals surface area contributed by atoms with Crippen LogP contribution in [0.3, 0.4) is 0 Å². The van der Waals surface area contributed by atoms with Crippen LogP contribution in [0.15, 0.2) is 18.2 Å². The molecule has 0 heterocycles. The molecule has 0 aliphatic rings. The van der Waals surface area contributed by atoms with Gasteiger partial charge in [0.1, 0.15) is 11.8 Å². The number of nitrogens with zero attached hydrogens (tertiary/aromatic N) is 2. The standard InChI is InChI=1S/C11H9ClN2O3/c1-7(15)14(17-8(2)16)11-5-10(12)4-3-9(11)6-13/h3-5H,1-2H3. The van der Waals surface area contributed by atoms with Crippen LogP contribution in [0.1, 0.15) is 19.4 Å². The summed E-state index contributed by atoms with van der Waals surface area (Å²) in [6.45, 7) is 2.37. The molecule has 0 aliphatic carbocycles. The molecule has 0 spiro atoms. The number of halogens is 1. The van der Waals surface area contributed by atoms with Crippen LogP contribution in [0, 0.1) is 11.3 Å². The van der Waals surface area contributed by atoms with Gasteiger partial charge in [-0.25, -0.2) is 4.79 Å². The third-order valence-corrected chi connectivity index (χ3v) is 2.04. The highest BCUT2D eigenvalue weighted by Crippen LogP contribution is 2.25. The minimum absolute atomic E-state index is 0.141. The van der Waals surface area contributed by atoms with Crippen LogP contribution in [0.25, 0.3) is 0 Å². The van der Waals surface area contributed by atoms with E-state index in [4.69, 9.17) is 21.7 Å². The van der Waals surface area contributed by atoms with E-state index in [2.05, 4.69) is 0 Å². The van der Waals surface area contributed by atoms with Gasteiger partial charge >= 0.3 is 5.97 Å². The van der Waals surface area contributed by atoms with Gasteiger partial charge in [-0.2, -0.15) is 5.26 Å². The molecule has 1 rings (SSSR count). The number of anilines is 1. The molecule has 6 heteroatoms. The Kier molecular flexibility index (Phi) is 4.07. The van der Waals surface area contributed by atoms with Crippen molar-refractivity contribution in [3.05, 3.63) is 28.8 Å². The Morgan fingerprint density at radius 2 is 2.06 bits per heavy atom. The van der Waals surface area contributed by atoms with Crippen LogP contribution in [0.4, 0.5) is 5.69 Å². The van der Waals surface area contributed by atoms with E-state index in [0.29, 0.717) is 5.02 Å². The third-order valence-electron chi connectivity index (χ3n) is 1.80. The van der Waals surface area contributed by atoms with E-state index in [0.717, 1.165) is 12.0 Å². The van der Waals surface area contributed by atoms with Gasteiger partial charge in [0.2, 0.25) is 0 Å². The van der Waals surface area contributed by atoms with Crippen LogP contribution in [-0.4, -0.2) is 11.9 Å². The first kappa shape index (κ1) is 13.0. The molecule has 0 saturated heterocycles. The lowest BCUT2D eigenvalue weighted by Gasteiger charge is -2.19. The number of carbonyl (C=O) groups is 2. The molecule has 0 fully saturated rings. The Hall–Kier alpha value is -2.06. The minimum atomic E-state index is -0.663. The Bertz CT molecular complexity index is 508. The Morgan fingerprint density at radius 3 is 2.53 bits per heavy atom. The first-order valence-electron chi connectivity index (χ1n) is 4.64. The quantitative estimate of drug-likeness (QED) is 0.717. The number of hydrogen-bond acceptors (Lipinski definition) is 4. The van der Waals surface area contributed by atoms with Gasteiger partial charge in [0.25, 0.3) is 5.91 Å². The van der Waals surface area contributed by atoms with E-state index in [-0.39, 0.29) is 11.3 Å². The lowest BCUT2D eigenvalue weighted by molar-refractivity contribution is -0.147. The third kappa shape index (κ3) is 3.20. The van der Waals surface area contributed by atoms with Crippen molar-refractivity contribution in [1.29, 1.82) is 5.26 Å². The van der Waals surface area contributed by atoms with Gasteiger partial charge in [0, 0.05) is 18.9 Å².